The maximum Gasteiger partial charge on any atom is 0.522 e. The van der Waals surface area contributed by atoms with E-state index in [-0.39, 0.29) is 6.61 Å². The monoisotopic (exact) mass is 187 g/mol. The zero-order valence-corrected chi connectivity index (χ0v) is 6.56. The zero-order valence-electron chi connectivity index (χ0n) is 6.56. The van der Waals surface area contributed by atoms with Crippen molar-refractivity contribution in [2.75, 3.05) is 26.4 Å². The van der Waals surface area contributed by atoms with Crippen molar-refractivity contribution in [3.63, 3.8) is 0 Å². The molecule has 0 aliphatic rings. The van der Waals surface area contributed by atoms with Crippen molar-refractivity contribution in [1.82, 2.24) is 0 Å². The van der Waals surface area contributed by atoms with E-state index in [2.05, 4.69) is 4.74 Å². The Bertz CT molecular complexity index is 107. The van der Waals surface area contributed by atoms with Crippen LogP contribution in [-0.4, -0.2) is 32.7 Å². The predicted molar refractivity (Wildman–Crippen MR) is 36.5 cm³/mol. The van der Waals surface area contributed by atoms with E-state index in [1.165, 1.54) is 0 Å². The van der Waals surface area contributed by atoms with Crippen LogP contribution in [0, 0.1) is 0 Å². The van der Waals surface area contributed by atoms with Crippen LogP contribution < -0.4 is 5.73 Å². The molecule has 0 aromatic rings. The van der Waals surface area contributed by atoms with Gasteiger partial charge < -0.3 is 10.5 Å². The second-order valence-corrected chi connectivity index (χ2v) is 2.05. The number of halogens is 3. The van der Waals surface area contributed by atoms with Crippen LogP contribution in [0.4, 0.5) is 13.2 Å². The van der Waals surface area contributed by atoms with Gasteiger partial charge in [-0.2, -0.15) is 0 Å². The Labute approximate surface area is 68.6 Å². The summed E-state index contributed by atoms with van der Waals surface area (Å²) in [6.07, 6.45) is -3.91. The molecule has 0 heterocycles. The molecule has 0 aromatic carbocycles. The average Bonchev–Trinajstić information content (AvgIpc) is 1.94. The molecule has 0 bridgehead atoms. The predicted octanol–water partition coefficient (Wildman–Crippen LogP) is 0.888. The van der Waals surface area contributed by atoms with Gasteiger partial charge in [-0.15, -0.1) is 13.2 Å². The largest absolute Gasteiger partial charge is 0.522 e. The lowest BCUT2D eigenvalue weighted by Crippen LogP contribution is -2.17. The summed E-state index contributed by atoms with van der Waals surface area (Å²) in [4.78, 5) is 0. The highest BCUT2D eigenvalue weighted by Gasteiger charge is 2.28. The molecule has 12 heavy (non-hydrogen) atoms. The number of ether oxygens (including phenoxy) is 2. The van der Waals surface area contributed by atoms with E-state index in [1.807, 2.05) is 0 Å². The highest BCUT2D eigenvalue weighted by atomic mass is 19.4. The molecule has 0 aromatic heterocycles. The van der Waals surface area contributed by atoms with E-state index in [4.69, 9.17) is 10.5 Å². The van der Waals surface area contributed by atoms with E-state index in [9.17, 15) is 13.2 Å². The minimum absolute atomic E-state index is 0.0560. The molecule has 0 atom stereocenters. The number of hydrogen-bond donors (Lipinski definition) is 1. The van der Waals surface area contributed by atoms with Crippen LogP contribution in [0.5, 0.6) is 0 Å². The molecule has 0 saturated carbocycles. The average molecular weight is 187 g/mol. The molecular weight excluding hydrogens is 175 g/mol. The fourth-order valence-electron chi connectivity index (χ4n) is 0.504. The number of nitrogens with two attached hydrogens (primary N) is 1. The van der Waals surface area contributed by atoms with Gasteiger partial charge in [0.1, 0.15) is 0 Å². The lowest BCUT2D eigenvalue weighted by molar-refractivity contribution is -0.327. The van der Waals surface area contributed by atoms with Gasteiger partial charge in [0.15, 0.2) is 0 Å². The third-order valence-electron chi connectivity index (χ3n) is 0.986. The van der Waals surface area contributed by atoms with Crippen molar-refractivity contribution in [2.45, 2.75) is 12.8 Å². The van der Waals surface area contributed by atoms with E-state index in [0.717, 1.165) is 0 Å². The minimum Gasteiger partial charge on any atom is -0.379 e. The molecule has 0 unspecified atom stereocenters. The fraction of sp³-hybridized carbons (Fsp3) is 1.00. The molecule has 0 saturated heterocycles. The highest BCUT2D eigenvalue weighted by molar-refractivity contribution is 4.36. The van der Waals surface area contributed by atoms with Crippen LogP contribution in [-0.2, 0) is 9.47 Å². The van der Waals surface area contributed by atoms with Gasteiger partial charge in [0.05, 0.1) is 13.2 Å². The van der Waals surface area contributed by atoms with Crippen LogP contribution in [0.1, 0.15) is 6.42 Å². The number of alkyl halides is 3. The molecule has 0 amide bonds. The van der Waals surface area contributed by atoms with Gasteiger partial charge in [-0.25, -0.2) is 0 Å². The SMILES string of the molecule is NCCCOCCOC(F)(F)F. The summed E-state index contributed by atoms with van der Waals surface area (Å²) < 4.78 is 42.2. The van der Waals surface area contributed by atoms with E-state index in [0.29, 0.717) is 19.6 Å². The number of rotatable bonds is 6. The van der Waals surface area contributed by atoms with Crippen molar-refractivity contribution < 1.29 is 22.6 Å². The maximum atomic E-state index is 11.3. The summed E-state index contributed by atoms with van der Waals surface area (Å²) in [7, 11) is 0. The Balaban J connectivity index is 3.01. The van der Waals surface area contributed by atoms with Crippen LogP contribution in [0.2, 0.25) is 0 Å². The first-order valence-corrected chi connectivity index (χ1v) is 3.55. The summed E-state index contributed by atoms with van der Waals surface area (Å²) in [6, 6.07) is 0. The summed E-state index contributed by atoms with van der Waals surface area (Å²) in [5.74, 6) is 0. The first-order valence-electron chi connectivity index (χ1n) is 3.55. The lowest BCUT2D eigenvalue weighted by atomic mass is 10.5. The van der Waals surface area contributed by atoms with Crippen LogP contribution >= 0.6 is 0 Å². The summed E-state index contributed by atoms with van der Waals surface area (Å²) in [5.41, 5.74) is 5.12. The smallest absolute Gasteiger partial charge is 0.379 e. The van der Waals surface area contributed by atoms with Crippen molar-refractivity contribution in [3.05, 3.63) is 0 Å². The molecule has 74 valence electrons. The first kappa shape index (κ1) is 11.7. The van der Waals surface area contributed by atoms with Crippen LogP contribution in [0.25, 0.3) is 0 Å². The molecule has 0 rings (SSSR count). The van der Waals surface area contributed by atoms with Crippen molar-refractivity contribution >= 4 is 0 Å². The fourth-order valence-corrected chi connectivity index (χ4v) is 0.504. The van der Waals surface area contributed by atoms with E-state index < -0.39 is 13.0 Å². The number of hydrogen-bond acceptors (Lipinski definition) is 3. The lowest BCUT2D eigenvalue weighted by Gasteiger charge is -2.07. The Hall–Kier alpha value is -0.330. The van der Waals surface area contributed by atoms with Gasteiger partial charge in [-0.1, -0.05) is 0 Å². The Kier molecular flexibility index (Phi) is 6.04. The molecule has 0 aliphatic carbocycles. The maximum absolute atomic E-state index is 11.3. The van der Waals surface area contributed by atoms with Gasteiger partial charge in [0, 0.05) is 6.61 Å². The van der Waals surface area contributed by atoms with Crippen molar-refractivity contribution in [3.8, 4) is 0 Å². The third-order valence-corrected chi connectivity index (χ3v) is 0.986. The molecule has 6 heteroatoms. The highest BCUT2D eigenvalue weighted by Crippen LogP contribution is 2.15. The topological polar surface area (TPSA) is 44.5 Å². The molecule has 2 N–H and O–H groups in total. The Morgan fingerprint density at radius 3 is 2.25 bits per heavy atom. The van der Waals surface area contributed by atoms with Crippen LogP contribution in [0.15, 0.2) is 0 Å². The quantitative estimate of drug-likeness (QED) is 0.628. The minimum atomic E-state index is -4.56. The standard InChI is InChI=1S/C6H12F3NO2/c7-6(8,9)12-5-4-11-3-1-2-10/h1-5,10H2. The van der Waals surface area contributed by atoms with Gasteiger partial charge in [0.2, 0.25) is 0 Å². The van der Waals surface area contributed by atoms with E-state index >= 15 is 0 Å². The summed E-state index contributed by atoms with van der Waals surface area (Å²) >= 11 is 0. The Morgan fingerprint density at radius 2 is 1.75 bits per heavy atom. The Morgan fingerprint density at radius 1 is 1.08 bits per heavy atom. The molecule has 0 aliphatic heterocycles. The van der Waals surface area contributed by atoms with Gasteiger partial charge in [-0.3, -0.25) is 4.74 Å². The summed E-state index contributed by atoms with van der Waals surface area (Å²) in [5, 5.41) is 0. The second-order valence-electron chi connectivity index (χ2n) is 2.05. The van der Waals surface area contributed by atoms with Crippen molar-refractivity contribution in [2.24, 2.45) is 5.73 Å². The van der Waals surface area contributed by atoms with Gasteiger partial charge in [0.25, 0.3) is 0 Å². The zero-order chi connectivity index (χ0) is 9.45. The van der Waals surface area contributed by atoms with Crippen molar-refractivity contribution in [1.29, 1.82) is 0 Å². The molecular formula is C6H12F3NO2. The normalized spacial score (nSPS) is 12.0. The molecule has 0 spiro atoms. The van der Waals surface area contributed by atoms with Gasteiger partial charge >= 0.3 is 6.36 Å². The summed E-state index contributed by atoms with van der Waals surface area (Å²) in [6.45, 7) is 0.325. The second kappa shape index (κ2) is 6.22. The first-order chi connectivity index (χ1) is 5.56. The van der Waals surface area contributed by atoms with Crippen LogP contribution in [0.3, 0.4) is 0 Å². The molecule has 0 radical (unpaired) electrons. The van der Waals surface area contributed by atoms with E-state index in [1.54, 1.807) is 0 Å². The van der Waals surface area contributed by atoms with Gasteiger partial charge in [-0.05, 0) is 13.0 Å². The molecule has 0 fully saturated rings. The third kappa shape index (κ3) is 9.67. The molecule has 3 nitrogen and oxygen atoms in total.